The van der Waals surface area contributed by atoms with E-state index < -0.39 is 18.0 Å². The summed E-state index contributed by atoms with van der Waals surface area (Å²) in [6, 6.07) is 7.63. The molecular formula is C14H16N2O4. The molecule has 2 unspecified atom stereocenters. The minimum Gasteiger partial charge on any atom is -0.481 e. The monoisotopic (exact) mass is 276 g/mol. The zero-order valence-corrected chi connectivity index (χ0v) is 11.1. The Morgan fingerprint density at radius 3 is 2.60 bits per heavy atom. The largest absolute Gasteiger partial charge is 0.481 e. The molecule has 3 amide bonds. The average Bonchev–Trinajstić information content (AvgIpc) is 2.71. The molecule has 1 aliphatic heterocycles. The lowest BCUT2D eigenvalue weighted by molar-refractivity contribution is -0.137. The second kappa shape index (κ2) is 5.73. The van der Waals surface area contributed by atoms with E-state index in [0.29, 0.717) is 0 Å². The van der Waals surface area contributed by atoms with Gasteiger partial charge in [-0.05, 0) is 18.9 Å². The molecule has 1 fully saturated rings. The van der Waals surface area contributed by atoms with Gasteiger partial charge in [0, 0.05) is 6.42 Å². The van der Waals surface area contributed by atoms with Crippen LogP contribution in [0, 0.1) is 0 Å². The van der Waals surface area contributed by atoms with E-state index in [9.17, 15) is 14.4 Å². The molecule has 2 atom stereocenters. The second-order valence-electron chi connectivity index (χ2n) is 4.73. The van der Waals surface area contributed by atoms with Crippen LogP contribution in [-0.2, 0) is 9.59 Å². The Labute approximate surface area is 116 Å². The summed E-state index contributed by atoms with van der Waals surface area (Å²) >= 11 is 0. The Kier molecular flexibility index (Phi) is 4.02. The van der Waals surface area contributed by atoms with Crippen molar-refractivity contribution in [3.05, 3.63) is 35.9 Å². The Bertz CT molecular complexity index is 529. The molecule has 2 N–H and O–H groups in total. The maximum absolute atomic E-state index is 12.2. The van der Waals surface area contributed by atoms with Crippen LogP contribution in [0.5, 0.6) is 0 Å². The summed E-state index contributed by atoms with van der Waals surface area (Å²) in [5.74, 6) is -1.35. The Morgan fingerprint density at radius 2 is 2.00 bits per heavy atom. The Morgan fingerprint density at radius 1 is 1.35 bits per heavy atom. The molecule has 0 aliphatic carbocycles. The maximum atomic E-state index is 12.2. The molecule has 1 aromatic rings. The SMILES string of the molecule is CC(c1ccccc1)N1C(=O)NC(CCC(=O)O)C1=O. The highest BCUT2D eigenvalue weighted by Gasteiger charge is 2.40. The van der Waals surface area contributed by atoms with E-state index in [0.717, 1.165) is 10.5 Å². The Hall–Kier alpha value is -2.37. The van der Waals surface area contributed by atoms with Gasteiger partial charge in [-0.3, -0.25) is 14.5 Å². The number of urea groups is 1. The number of carbonyl (C=O) groups excluding carboxylic acids is 2. The van der Waals surface area contributed by atoms with Gasteiger partial charge in [0.05, 0.1) is 6.04 Å². The molecule has 0 aromatic heterocycles. The first-order valence-corrected chi connectivity index (χ1v) is 6.41. The molecule has 2 rings (SSSR count). The number of imide groups is 1. The van der Waals surface area contributed by atoms with Crippen LogP contribution in [0.1, 0.15) is 31.4 Å². The van der Waals surface area contributed by atoms with E-state index in [4.69, 9.17) is 5.11 Å². The first-order valence-electron chi connectivity index (χ1n) is 6.41. The van der Waals surface area contributed by atoms with Crippen LogP contribution in [0.3, 0.4) is 0 Å². The van der Waals surface area contributed by atoms with E-state index in [1.54, 1.807) is 6.92 Å². The molecule has 106 valence electrons. The third kappa shape index (κ3) is 2.79. The van der Waals surface area contributed by atoms with Crippen molar-refractivity contribution in [3.8, 4) is 0 Å². The molecular weight excluding hydrogens is 260 g/mol. The van der Waals surface area contributed by atoms with E-state index in [-0.39, 0.29) is 24.8 Å². The number of carboxylic acids is 1. The van der Waals surface area contributed by atoms with Gasteiger partial charge in [-0.2, -0.15) is 0 Å². The number of rotatable bonds is 5. The molecule has 0 radical (unpaired) electrons. The lowest BCUT2D eigenvalue weighted by Crippen LogP contribution is -2.34. The average molecular weight is 276 g/mol. The van der Waals surface area contributed by atoms with Crippen LogP contribution in [0.2, 0.25) is 0 Å². The van der Waals surface area contributed by atoms with E-state index in [1.807, 2.05) is 30.3 Å². The quantitative estimate of drug-likeness (QED) is 0.798. The van der Waals surface area contributed by atoms with Gasteiger partial charge in [0.2, 0.25) is 0 Å². The third-order valence-corrected chi connectivity index (χ3v) is 3.37. The summed E-state index contributed by atoms with van der Waals surface area (Å²) in [5.41, 5.74) is 0.856. The van der Waals surface area contributed by atoms with Crippen molar-refractivity contribution >= 4 is 17.9 Å². The first-order chi connectivity index (χ1) is 9.50. The summed E-state index contributed by atoms with van der Waals surface area (Å²) in [7, 11) is 0. The van der Waals surface area contributed by atoms with Crippen molar-refractivity contribution in [1.29, 1.82) is 0 Å². The molecule has 1 saturated heterocycles. The number of hydrogen-bond acceptors (Lipinski definition) is 3. The predicted octanol–water partition coefficient (Wildman–Crippen LogP) is 1.53. The van der Waals surface area contributed by atoms with Crippen molar-refractivity contribution in [2.45, 2.75) is 31.8 Å². The molecule has 1 aromatic carbocycles. The topological polar surface area (TPSA) is 86.7 Å². The van der Waals surface area contributed by atoms with Crippen LogP contribution in [0.15, 0.2) is 30.3 Å². The summed E-state index contributed by atoms with van der Waals surface area (Å²) in [6.07, 6.45) is -0.0395. The second-order valence-corrected chi connectivity index (χ2v) is 4.73. The van der Waals surface area contributed by atoms with Crippen LogP contribution < -0.4 is 5.32 Å². The zero-order chi connectivity index (χ0) is 14.7. The third-order valence-electron chi connectivity index (χ3n) is 3.37. The molecule has 1 aliphatic rings. The first kappa shape index (κ1) is 14.0. The minimum absolute atomic E-state index is 0.109. The van der Waals surface area contributed by atoms with Crippen LogP contribution in [0.4, 0.5) is 4.79 Å². The van der Waals surface area contributed by atoms with Gasteiger partial charge in [-0.1, -0.05) is 30.3 Å². The lowest BCUT2D eigenvalue weighted by Gasteiger charge is -2.21. The molecule has 0 bridgehead atoms. The molecule has 6 heteroatoms. The van der Waals surface area contributed by atoms with Crippen molar-refractivity contribution in [1.82, 2.24) is 10.2 Å². The molecule has 0 saturated carbocycles. The van der Waals surface area contributed by atoms with Crippen molar-refractivity contribution < 1.29 is 19.5 Å². The normalized spacial score (nSPS) is 19.9. The van der Waals surface area contributed by atoms with Crippen LogP contribution in [-0.4, -0.2) is 34.0 Å². The minimum atomic E-state index is -0.985. The van der Waals surface area contributed by atoms with E-state index in [1.165, 1.54) is 0 Å². The van der Waals surface area contributed by atoms with Crippen molar-refractivity contribution in [2.75, 3.05) is 0 Å². The fourth-order valence-electron chi connectivity index (χ4n) is 2.26. The van der Waals surface area contributed by atoms with Gasteiger partial charge in [0.15, 0.2) is 0 Å². The van der Waals surface area contributed by atoms with Crippen molar-refractivity contribution in [2.24, 2.45) is 0 Å². The van der Waals surface area contributed by atoms with Gasteiger partial charge < -0.3 is 10.4 Å². The molecule has 1 heterocycles. The van der Waals surface area contributed by atoms with E-state index >= 15 is 0 Å². The van der Waals surface area contributed by atoms with Gasteiger partial charge in [-0.15, -0.1) is 0 Å². The lowest BCUT2D eigenvalue weighted by atomic mass is 10.1. The van der Waals surface area contributed by atoms with Gasteiger partial charge in [0.25, 0.3) is 5.91 Å². The number of hydrogen-bond donors (Lipinski definition) is 2. The highest BCUT2D eigenvalue weighted by molar-refractivity contribution is 6.04. The van der Waals surface area contributed by atoms with Gasteiger partial charge in [0.1, 0.15) is 6.04 Å². The molecule has 20 heavy (non-hydrogen) atoms. The van der Waals surface area contributed by atoms with Gasteiger partial charge >= 0.3 is 12.0 Å². The van der Waals surface area contributed by atoms with E-state index in [2.05, 4.69) is 5.32 Å². The van der Waals surface area contributed by atoms with Crippen LogP contribution >= 0.6 is 0 Å². The number of carboxylic acid groups (broad SMARTS) is 1. The molecule has 6 nitrogen and oxygen atoms in total. The van der Waals surface area contributed by atoms with Crippen LogP contribution in [0.25, 0.3) is 0 Å². The standard InChI is InChI=1S/C14H16N2O4/c1-9(10-5-3-2-4-6-10)16-13(19)11(15-14(16)20)7-8-12(17)18/h2-6,9,11H,7-8H2,1H3,(H,15,20)(H,17,18). The summed E-state index contributed by atoms with van der Waals surface area (Å²) in [5, 5.41) is 11.2. The fourth-order valence-corrected chi connectivity index (χ4v) is 2.26. The summed E-state index contributed by atoms with van der Waals surface area (Å²) in [6.45, 7) is 1.77. The summed E-state index contributed by atoms with van der Waals surface area (Å²) in [4.78, 5) is 35.8. The number of carbonyl (C=O) groups is 3. The predicted molar refractivity (Wildman–Crippen MR) is 70.9 cm³/mol. The highest BCUT2D eigenvalue weighted by atomic mass is 16.4. The highest BCUT2D eigenvalue weighted by Crippen LogP contribution is 2.25. The number of benzene rings is 1. The summed E-state index contributed by atoms with van der Waals surface area (Å²) < 4.78 is 0. The number of aliphatic carboxylic acids is 1. The number of amides is 3. The fraction of sp³-hybridized carbons (Fsp3) is 0.357. The van der Waals surface area contributed by atoms with Gasteiger partial charge in [-0.25, -0.2) is 4.79 Å². The molecule has 0 spiro atoms. The maximum Gasteiger partial charge on any atom is 0.325 e. The van der Waals surface area contributed by atoms with Crippen molar-refractivity contribution in [3.63, 3.8) is 0 Å². The Balaban J connectivity index is 2.11. The number of nitrogens with one attached hydrogen (secondary N) is 1. The number of nitrogens with zero attached hydrogens (tertiary/aromatic N) is 1. The zero-order valence-electron chi connectivity index (χ0n) is 11.1. The smallest absolute Gasteiger partial charge is 0.325 e.